The molecule has 3 rings (SSSR count). The average Bonchev–Trinajstić information content (AvgIpc) is 2.83. The number of ether oxygens (including phenoxy) is 2. The Bertz CT molecular complexity index is 1150. The fourth-order valence-corrected chi connectivity index (χ4v) is 3.65. The van der Waals surface area contributed by atoms with Crippen LogP contribution in [0.25, 0.3) is 0 Å². The van der Waals surface area contributed by atoms with Crippen LogP contribution in [0.3, 0.4) is 0 Å². The number of aryl methyl sites for hydroxylation is 1. The minimum atomic E-state index is -0.444. The van der Waals surface area contributed by atoms with E-state index in [0.29, 0.717) is 41.0 Å². The Morgan fingerprint density at radius 1 is 1.09 bits per heavy atom. The van der Waals surface area contributed by atoms with Crippen LogP contribution in [0.15, 0.2) is 76.3 Å². The summed E-state index contributed by atoms with van der Waals surface area (Å²) in [5.74, 6) is 0.840. The van der Waals surface area contributed by atoms with Gasteiger partial charge in [-0.05, 0) is 70.2 Å². The molecule has 3 aromatic carbocycles. The van der Waals surface area contributed by atoms with Gasteiger partial charge in [0.05, 0.1) is 22.2 Å². The lowest BCUT2D eigenvalue weighted by Gasteiger charge is -2.14. The molecule has 0 aliphatic carbocycles. The van der Waals surface area contributed by atoms with E-state index >= 15 is 0 Å². The summed E-state index contributed by atoms with van der Waals surface area (Å²) in [5.41, 5.74) is 5.15. The molecular formula is C25H24BrN3O5. The van der Waals surface area contributed by atoms with Crippen molar-refractivity contribution in [3.63, 3.8) is 0 Å². The lowest BCUT2D eigenvalue weighted by molar-refractivity contribution is -0.384. The number of halogens is 1. The summed E-state index contributed by atoms with van der Waals surface area (Å²) >= 11 is 3.50. The van der Waals surface area contributed by atoms with Gasteiger partial charge in [0.1, 0.15) is 6.61 Å². The highest BCUT2D eigenvalue weighted by molar-refractivity contribution is 9.10. The number of rotatable bonds is 11. The van der Waals surface area contributed by atoms with Crippen molar-refractivity contribution in [1.82, 2.24) is 5.43 Å². The highest BCUT2D eigenvalue weighted by atomic mass is 79.9. The van der Waals surface area contributed by atoms with Crippen molar-refractivity contribution in [2.45, 2.75) is 26.4 Å². The molecule has 0 saturated carbocycles. The number of carbonyl (C=O) groups excluding carboxylic acids is 1. The zero-order valence-electron chi connectivity index (χ0n) is 18.6. The molecule has 0 fully saturated rings. The molecule has 176 valence electrons. The van der Waals surface area contributed by atoms with E-state index in [4.69, 9.17) is 9.47 Å². The number of nitrogens with one attached hydrogen (secondary N) is 1. The number of non-ortho nitro benzene ring substituents is 1. The normalized spacial score (nSPS) is 10.8. The molecule has 0 unspecified atom stereocenters. The summed E-state index contributed by atoms with van der Waals surface area (Å²) in [5, 5.41) is 14.9. The van der Waals surface area contributed by atoms with Gasteiger partial charge in [-0.25, -0.2) is 5.43 Å². The number of nitro groups is 1. The Morgan fingerprint density at radius 2 is 1.82 bits per heavy atom. The number of hydrazone groups is 1. The molecule has 9 heteroatoms. The first-order valence-corrected chi connectivity index (χ1v) is 11.4. The molecule has 8 nitrogen and oxygen atoms in total. The standard InChI is InChI=1S/C25H24BrN3O5/c1-2-33-23-15-20(16-27-28-24(30)13-10-18-6-4-3-5-7-18)14-22(26)25(23)34-17-19-8-11-21(12-9-19)29(31)32/h3-9,11-12,14-16H,2,10,13,17H2,1H3,(H,28,30)/b27-16-. The van der Waals surface area contributed by atoms with E-state index in [0.717, 1.165) is 11.1 Å². The molecular weight excluding hydrogens is 502 g/mol. The van der Waals surface area contributed by atoms with Crippen LogP contribution < -0.4 is 14.9 Å². The Hall–Kier alpha value is -3.72. The highest BCUT2D eigenvalue weighted by Gasteiger charge is 2.13. The molecule has 34 heavy (non-hydrogen) atoms. The van der Waals surface area contributed by atoms with Gasteiger partial charge in [-0.3, -0.25) is 14.9 Å². The number of benzene rings is 3. The number of amides is 1. The lowest BCUT2D eigenvalue weighted by Crippen LogP contribution is -2.17. The van der Waals surface area contributed by atoms with Crippen LogP contribution in [0.4, 0.5) is 5.69 Å². The molecule has 3 aromatic rings. The van der Waals surface area contributed by atoms with E-state index in [1.807, 2.05) is 37.3 Å². The molecule has 0 aromatic heterocycles. The van der Waals surface area contributed by atoms with Crippen LogP contribution in [0, 0.1) is 10.1 Å². The lowest BCUT2D eigenvalue weighted by atomic mass is 10.1. The average molecular weight is 526 g/mol. The Morgan fingerprint density at radius 3 is 2.50 bits per heavy atom. The first kappa shape index (κ1) is 24.9. The van der Waals surface area contributed by atoms with Crippen LogP contribution in [-0.2, 0) is 17.8 Å². The van der Waals surface area contributed by atoms with Crippen molar-refractivity contribution in [1.29, 1.82) is 0 Å². The first-order valence-electron chi connectivity index (χ1n) is 10.6. The Labute approximate surface area is 205 Å². The summed E-state index contributed by atoms with van der Waals surface area (Å²) in [6, 6.07) is 19.5. The number of hydrogen-bond acceptors (Lipinski definition) is 6. The van der Waals surface area contributed by atoms with Crippen molar-refractivity contribution < 1.29 is 19.2 Å². The van der Waals surface area contributed by atoms with Gasteiger partial charge in [0.2, 0.25) is 5.91 Å². The molecule has 0 atom stereocenters. The van der Waals surface area contributed by atoms with E-state index in [9.17, 15) is 14.9 Å². The minimum absolute atomic E-state index is 0.0238. The van der Waals surface area contributed by atoms with Crippen LogP contribution in [0.1, 0.15) is 30.0 Å². The SMILES string of the molecule is CCOc1cc(/C=N\NC(=O)CCc2ccccc2)cc(Br)c1OCc1ccc([N+](=O)[O-])cc1. The molecule has 0 aliphatic heterocycles. The van der Waals surface area contributed by atoms with E-state index in [1.54, 1.807) is 24.3 Å². The van der Waals surface area contributed by atoms with Gasteiger partial charge in [0.25, 0.3) is 5.69 Å². The maximum atomic E-state index is 12.1. The Kier molecular flexibility index (Phi) is 9.16. The van der Waals surface area contributed by atoms with Crippen LogP contribution in [0.2, 0.25) is 0 Å². The van der Waals surface area contributed by atoms with Crippen LogP contribution in [0.5, 0.6) is 11.5 Å². The summed E-state index contributed by atoms with van der Waals surface area (Å²) in [6.07, 6.45) is 2.52. The first-order chi connectivity index (χ1) is 16.5. The second kappa shape index (κ2) is 12.5. The quantitative estimate of drug-likeness (QED) is 0.204. The number of carbonyl (C=O) groups is 1. The van der Waals surface area contributed by atoms with Gasteiger partial charge in [0, 0.05) is 18.6 Å². The largest absolute Gasteiger partial charge is 0.490 e. The molecule has 0 heterocycles. The zero-order valence-corrected chi connectivity index (χ0v) is 20.2. The topological polar surface area (TPSA) is 103 Å². The van der Waals surface area contributed by atoms with Gasteiger partial charge in [-0.15, -0.1) is 0 Å². The van der Waals surface area contributed by atoms with Gasteiger partial charge < -0.3 is 9.47 Å². The Balaban J connectivity index is 1.61. The highest BCUT2D eigenvalue weighted by Crippen LogP contribution is 2.37. The summed E-state index contributed by atoms with van der Waals surface area (Å²) in [7, 11) is 0. The van der Waals surface area contributed by atoms with Gasteiger partial charge in [-0.2, -0.15) is 5.10 Å². The van der Waals surface area contributed by atoms with E-state index in [1.165, 1.54) is 18.3 Å². The second-order valence-electron chi connectivity index (χ2n) is 7.25. The number of nitro benzene ring substituents is 1. The monoisotopic (exact) mass is 525 g/mol. The smallest absolute Gasteiger partial charge is 0.269 e. The molecule has 0 aliphatic rings. The molecule has 0 bridgehead atoms. The van der Waals surface area contributed by atoms with E-state index in [-0.39, 0.29) is 18.2 Å². The third-order valence-corrected chi connectivity index (χ3v) is 5.34. The fraction of sp³-hybridized carbons (Fsp3) is 0.200. The third kappa shape index (κ3) is 7.41. The van der Waals surface area contributed by atoms with Crippen molar-refractivity contribution in [3.05, 3.63) is 98.0 Å². The van der Waals surface area contributed by atoms with Crippen LogP contribution in [-0.4, -0.2) is 23.7 Å². The summed E-state index contributed by atoms with van der Waals surface area (Å²) in [6.45, 7) is 2.50. The summed E-state index contributed by atoms with van der Waals surface area (Å²) in [4.78, 5) is 22.4. The molecule has 1 amide bonds. The fourth-order valence-electron chi connectivity index (χ4n) is 3.07. The maximum absolute atomic E-state index is 12.1. The predicted molar refractivity (Wildman–Crippen MR) is 133 cm³/mol. The van der Waals surface area contributed by atoms with Gasteiger partial charge >= 0.3 is 0 Å². The minimum Gasteiger partial charge on any atom is -0.490 e. The van der Waals surface area contributed by atoms with Crippen LogP contribution >= 0.6 is 15.9 Å². The van der Waals surface area contributed by atoms with Gasteiger partial charge in [0.15, 0.2) is 11.5 Å². The predicted octanol–water partition coefficient (Wildman–Crippen LogP) is 5.42. The zero-order chi connectivity index (χ0) is 24.3. The summed E-state index contributed by atoms with van der Waals surface area (Å²) < 4.78 is 12.3. The van der Waals surface area contributed by atoms with Gasteiger partial charge in [-0.1, -0.05) is 30.3 Å². The number of hydrogen-bond donors (Lipinski definition) is 1. The molecule has 0 saturated heterocycles. The van der Waals surface area contributed by atoms with Crippen molar-refractivity contribution in [3.8, 4) is 11.5 Å². The number of nitrogens with zero attached hydrogens (tertiary/aromatic N) is 2. The van der Waals surface area contributed by atoms with E-state index in [2.05, 4.69) is 26.5 Å². The van der Waals surface area contributed by atoms with E-state index < -0.39 is 4.92 Å². The second-order valence-corrected chi connectivity index (χ2v) is 8.11. The molecule has 0 spiro atoms. The maximum Gasteiger partial charge on any atom is 0.269 e. The van der Waals surface area contributed by atoms with Crippen molar-refractivity contribution >= 4 is 33.7 Å². The third-order valence-electron chi connectivity index (χ3n) is 4.75. The molecule has 1 N–H and O–H groups in total. The van der Waals surface area contributed by atoms with Crippen molar-refractivity contribution in [2.75, 3.05) is 6.61 Å². The molecule has 0 radical (unpaired) electrons. The van der Waals surface area contributed by atoms with Crippen molar-refractivity contribution in [2.24, 2.45) is 5.10 Å².